The second-order valence-electron chi connectivity index (χ2n) is 3.81. The number of rotatable bonds is 6. The molecule has 0 aliphatic carbocycles. The number of nitrogens with one attached hydrogen (secondary N) is 1. The average Bonchev–Trinajstić information content (AvgIpc) is 2.26. The van der Waals surface area contributed by atoms with Gasteiger partial charge in [0.25, 0.3) is 0 Å². The molecule has 1 aliphatic heterocycles. The van der Waals surface area contributed by atoms with Gasteiger partial charge in [0.2, 0.25) is 0 Å². The predicted octanol–water partition coefficient (Wildman–Crippen LogP) is 1.39. The van der Waals surface area contributed by atoms with E-state index in [4.69, 9.17) is 4.74 Å². The number of nitrogens with zero attached hydrogens (tertiary/aromatic N) is 1. The summed E-state index contributed by atoms with van der Waals surface area (Å²) < 4.78 is 5.52. The highest BCUT2D eigenvalue weighted by Crippen LogP contribution is 1.99. The molecule has 0 saturated carbocycles. The van der Waals surface area contributed by atoms with Crippen LogP contribution in [0.1, 0.15) is 13.3 Å². The fourth-order valence-corrected chi connectivity index (χ4v) is 1.67. The molecule has 0 aromatic carbocycles. The Balaban J connectivity index is 2.00. The highest BCUT2D eigenvalue weighted by molar-refractivity contribution is 5.01. The van der Waals surface area contributed by atoms with Gasteiger partial charge in [-0.1, -0.05) is 12.7 Å². The van der Waals surface area contributed by atoms with Crippen molar-refractivity contribution >= 4 is 0 Å². The van der Waals surface area contributed by atoms with Crippen LogP contribution in [0.5, 0.6) is 0 Å². The number of hydrogen-bond donors (Lipinski definition) is 1. The minimum Gasteiger partial charge on any atom is -0.498 e. The molecule has 1 fully saturated rings. The molecule has 1 heterocycles. The maximum atomic E-state index is 5.52. The van der Waals surface area contributed by atoms with Crippen molar-refractivity contribution in [2.24, 2.45) is 0 Å². The Labute approximate surface area is 92.8 Å². The van der Waals surface area contributed by atoms with E-state index >= 15 is 0 Å². The average molecular weight is 210 g/mol. The zero-order chi connectivity index (χ0) is 10.9. The van der Waals surface area contributed by atoms with Crippen molar-refractivity contribution in [1.82, 2.24) is 10.2 Å². The Morgan fingerprint density at radius 2 is 2.20 bits per heavy atom. The lowest BCUT2D eigenvalue weighted by Gasteiger charge is -2.26. The number of piperazine rings is 1. The van der Waals surface area contributed by atoms with E-state index in [1.165, 1.54) is 13.1 Å². The van der Waals surface area contributed by atoms with E-state index in [-0.39, 0.29) is 0 Å². The molecule has 86 valence electrons. The third-order valence-electron chi connectivity index (χ3n) is 2.51. The van der Waals surface area contributed by atoms with Crippen LogP contribution in [0, 0.1) is 0 Å². The SMILES string of the molecule is C=C/C=C(\C)OCCCN1CCNCC1. The summed E-state index contributed by atoms with van der Waals surface area (Å²) in [5, 5.41) is 3.35. The molecule has 15 heavy (non-hydrogen) atoms. The monoisotopic (exact) mass is 210 g/mol. The summed E-state index contributed by atoms with van der Waals surface area (Å²) in [6.45, 7) is 12.1. The van der Waals surface area contributed by atoms with Crippen LogP contribution in [0.3, 0.4) is 0 Å². The molecule has 0 aromatic rings. The highest BCUT2D eigenvalue weighted by Gasteiger charge is 2.07. The van der Waals surface area contributed by atoms with Crippen molar-refractivity contribution in [3.8, 4) is 0 Å². The summed E-state index contributed by atoms with van der Waals surface area (Å²) >= 11 is 0. The molecule has 1 N–H and O–H groups in total. The largest absolute Gasteiger partial charge is 0.498 e. The van der Waals surface area contributed by atoms with E-state index < -0.39 is 0 Å². The smallest absolute Gasteiger partial charge is 0.0928 e. The van der Waals surface area contributed by atoms with E-state index in [2.05, 4.69) is 16.8 Å². The molecule has 1 aliphatic rings. The van der Waals surface area contributed by atoms with Crippen LogP contribution in [0.15, 0.2) is 24.5 Å². The summed E-state index contributed by atoms with van der Waals surface area (Å²) in [4.78, 5) is 2.48. The van der Waals surface area contributed by atoms with Crippen molar-refractivity contribution in [3.05, 3.63) is 24.5 Å². The minimum atomic E-state index is 0.806. The molecule has 0 bridgehead atoms. The van der Waals surface area contributed by atoms with Crippen molar-refractivity contribution in [3.63, 3.8) is 0 Å². The molecular formula is C12H22N2O. The van der Waals surface area contributed by atoms with Crippen LogP contribution in [0.25, 0.3) is 0 Å². The van der Waals surface area contributed by atoms with Crippen LogP contribution in [0.2, 0.25) is 0 Å². The van der Waals surface area contributed by atoms with Gasteiger partial charge in [0, 0.05) is 32.7 Å². The lowest BCUT2D eigenvalue weighted by molar-refractivity contribution is 0.175. The molecule has 3 heteroatoms. The van der Waals surface area contributed by atoms with Gasteiger partial charge in [-0.25, -0.2) is 0 Å². The lowest BCUT2D eigenvalue weighted by Crippen LogP contribution is -2.43. The molecule has 0 spiro atoms. The Bertz CT molecular complexity index is 208. The third-order valence-corrected chi connectivity index (χ3v) is 2.51. The molecule has 0 aromatic heterocycles. The van der Waals surface area contributed by atoms with Crippen molar-refractivity contribution in [2.75, 3.05) is 39.3 Å². The zero-order valence-electron chi connectivity index (χ0n) is 9.67. The van der Waals surface area contributed by atoms with Gasteiger partial charge in [-0.3, -0.25) is 0 Å². The summed E-state index contributed by atoms with van der Waals surface area (Å²) in [5.41, 5.74) is 0. The summed E-state index contributed by atoms with van der Waals surface area (Å²) in [7, 11) is 0. The van der Waals surface area contributed by atoms with Gasteiger partial charge in [-0.15, -0.1) is 0 Å². The fraction of sp³-hybridized carbons (Fsp3) is 0.667. The Hall–Kier alpha value is -0.800. The molecule has 0 radical (unpaired) electrons. The van der Waals surface area contributed by atoms with Gasteiger partial charge >= 0.3 is 0 Å². The van der Waals surface area contributed by atoms with Crippen molar-refractivity contribution < 1.29 is 4.74 Å². The molecule has 1 saturated heterocycles. The van der Waals surface area contributed by atoms with E-state index in [9.17, 15) is 0 Å². The first-order valence-corrected chi connectivity index (χ1v) is 5.68. The van der Waals surface area contributed by atoms with Gasteiger partial charge in [-0.2, -0.15) is 0 Å². The lowest BCUT2D eigenvalue weighted by atomic mass is 10.3. The Morgan fingerprint density at radius 1 is 1.47 bits per heavy atom. The van der Waals surface area contributed by atoms with E-state index in [0.29, 0.717) is 0 Å². The zero-order valence-corrected chi connectivity index (χ0v) is 9.67. The van der Waals surface area contributed by atoms with E-state index in [1.54, 1.807) is 6.08 Å². The first kappa shape index (κ1) is 12.3. The van der Waals surface area contributed by atoms with Gasteiger partial charge in [0.05, 0.1) is 12.4 Å². The highest BCUT2D eigenvalue weighted by atomic mass is 16.5. The van der Waals surface area contributed by atoms with Gasteiger partial charge < -0.3 is 15.0 Å². The van der Waals surface area contributed by atoms with Crippen LogP contribution in [-0.4, -0.2) is 44.2 Å². The fourth-order valence-electron chi connectivity index (χ4n) is 1.67. The van der Waals surface area contributed by atoms with Crippen LogP contribution in [-0.2, 0) is 4.74 Å². The first-order valence-electron chi connectivity index (χ1n) is 5.68. The van der Waals surface area contributed by atoms with Crippen LogP contribution >= 0.6 is 0 Å². The minimum absolute atomic E-state index is 0.806. The van der Waals surface area contributed by atoms with Crippen molar-refractivity contribution in [1.29, 1.82) is 0 Å². The number of allylic oxidation sites excluding steroid dienone is 3. The second-order valence-corrected chi connectivity index (χ2v) is 3.81. The standard InChI is InChI=1S/C12H22N2O/c1-3-5-12(2)15-11-4-8-14-9-6-13-7-10-14/h3,5,13H,1,4,6-11H2,2H3/b12-5+. The van der Waals surface area contributed by atoms with Crippen LogP contribution < -0.4 is 5.32 Å². The second kappa shape index (κ2) is 7.49. The van der Waals surface area contributed by atoms with Gasteiger partial charge in [0.1, 0.15) is 0 Å². The topological polar surface area (TPSA) is 24.5 Å². The summed E-state index contributed by atoms with van der Waals surface area (Å²) in [5.74, 6) is 0.949. The maximum absolute atomic E-state index is 5.52. The molecule has 3 nitrogen and oxygen atoms in total. The van der Waals surface area contributed by atoms with Crippen molar-refractivity contribution in [2.45, 2.75) is 13.3 Å². The maximum Gasteiger partial charge on any atom is 0.0928 e. The molecule has 0 atom stereocenters. The van der Waals surface area contributed by atoms with Gasteiger partial charge in [0.15, 0.2) is 0 Å². The van der Waals surface area contributed by atoms with E-state index in [0.717, 1.165) is 38.4 Å². The Kier molecular flexibility index (Phi) is 6.12. The third kappa shape index (κ3) is 5.60. The molecule has 1 rings (SSSR count). The summed E-state index contributed by atoms with van der Waals surface area (Å²) in [6.07, 6.45) is 4.75. The predicted molar refractivity (Wildman–Crippen MR) is 63.8 cm³/mol. The van der Waals surface area contributed by atoms with Crippen LogP contribution in [0.4, 0.5) is 0 Å². The van der Waals surface area contributed by atoms with E-state index in [1.807, 2.05) is 13.0 Å². The molecule has 0 amide bonds. The quantitative estimate of drug-likeness (QED) is 0.407. The molecule has 0 unspecified atom stereocenters. The summed E-state index contributed by atoms with van der Waals surface area (Å²) in [6, 6.07) is 0. The number of hydrogen-bond acceptors (Lipinski definition) is 3. The number of ether oxygens (including phenoxy) is 1. The van der Waals surface area contributed by atoms with Gasteiger partial charge in [-0.05, 0) is 19.4 Å². The first-order chi connectivity index (χ1) is 7.33. The normalized spacial score (nSPS) is 18.9. The molecular weight excluding hydrogens is 188 g/mol. The Morgan fingerprint density at radius 3 is 2.87 bits per heavy atom.